The molecule has 0 saturated carbocycles. The van der Waals surface area contributed by atoms with Gasteiger partial charge in [0, 0.05) is 12.3 Å². The molecule has 0 aliphatic heterocycles. The summed E-state index contributed by atoms with van der Waals surface area (Å²) in [6.07, 6.45) is 0. The molecule has 150 valence electrons. The van der Waals surface area contributed by atoms with E-state index in [0.29, 0.717) is 16.5 Å². The van der Waals surface area contributed by atoms with Gasteiger partial charge in [0.2, 0.25) is 5.91 Å². The van der Waals surface area contributed by atoms with Crippen LogP contribution in [0, 0.1) is 5.82 Å². The van der Waals surface area contributed by atoms with Crippen molar-refractivity contribution in [2.24, 2.45) is 0 Å². The molecule has 6 nitrogen and oxygen atoms in total. The quantitative estimate of drug-likeness (QED) is 0.502. The maximum atomic E-state index is 14.1. The number of thiazole rings is 1. The molecular formula is C20H16ClFN2O4S. The van der Waals surface area contributed by atoms with E-state index < -0.39 is 11.8 Å². The van der Waals surface area contributed by atoms with Gasteiger partial charge in [-0.15, -0.1) is 11.3 Å². The van der Waals surface area contributed by atoms with Gasteiger partial charge in [0.15, 0.2) is 11.7 Å². The topological polar surface area (TPSA) is 68.7 Å². The third kappa shape index (κ3) is 5.30. The SMILES string of the molecule is CC(=O)N(c1nc(COC(=O)COc2ccccc2Cl)cs1)c1ccccc1F. The van der Waals surface area contributed by atoms with Crippen molar-refractivity contribution in [3.8, 4) is 5.75 Å². The van der Waals surface area contributed by atoms with Gasteiger partial charge in [0.25, 0.3) is 0 Å². The number of rotatable bonds is 7. The number of anilines is 2. The fraction of sp³-hybridized carbons (Fsp3) is 0.150. The van der Waals surface area contributed by atoms with Gasteiger partial charge in [0.1, 0.15) is 18.2 Å². The van der Waals surface area contributed by atoms with E-state index >= 15 is 0 Å². The Morgan fingerprint density at radius 1 is 1.17 bits per heavy atom. The molecule has 3 rings (SSSR count). The average molecular weight is 435 g/mol. The van der Waals surface area contributed by atoms with Gasteiger partial charge in [-0.2, -0.15) is 0 Å². The van der Waals surface area contributed by atoms with E-state index in [0.717, 1.165) is 11.3 Å². The van der Waals surface area contributed by atoms with Crippen molar-refractivity contribution in [1.82, 2.24) is 4.98 Å². The van der Waals surface area contributed by atoms with Crippen molar-refractivity contribution in [2.75, 3.05) is 11.5 Å². The number of hydrogen-bond donors (Lipinski definition) is 0. The zero-order valence-corrected chi connectivity index (χ0v) is 16.9. The first-order valence-corrected chi connectivity index (χ1v) is 9.74. The molecule has 9 heteroatoms. The predicted molar refractivity (Wildman–Crippen MR) is 108 cm³/mol. The summed E-state index contributed by atoms with van der Waals surface area (Å²) in [5.41, 5.74) is 0.532. The van der Waals surface area contributed by atoms with E-state index in [1.54, 1.807) is 35.7 Å². The minimum absolute atomic E-state index is 0.103. The Balaban J connectivity index is 1.61. The van der Waals surface area contributed by atoms with E-state index in [2.05, 4.69) is 4.98 Å². The van der Waals surface area contributed by atoms with Crippen molar-refractivity contribution in [1.29, 1.82) is 0 Å². The van der Waals surface area contributed by atoms with Crippen LogP contribution in [-0.4, -0.2) is 23.5 Å². The van der Waals surface area contributed by atoms with Crippen LogP contribution >= 0.6 is 22.9 Å². The summed E-state index contributed by atoms with van der Waals surface area (Å²) in [6, 6.07) is 12.7. The van der Waals surface area contributed by atoms with Gasteiger partial charge >= 0.3 is 5.97 Å². The van der Waals surface area contributed by atoms with Crippen molar-refractivity contribution < 1.29 is 23.5 Å². The molecule has 1 heterocycles. The summed E-state index contributed by atoms with van der Waals surface area (Å²) < 4.78 is 24.5. The molecule has 0 fully saturated rings. The Morgan fingerprint density at radius 3 is 2.62 bits per heavy atom. The smallest absolute Gasteiger partial charge is 0.344 e. The Bertz CT molecular complexity index is 1030. The van der Waals surface area contributed by atoms with E-state index in [1.165, 1.54) is 30.0 Å². The molecule has 1 amide bonds. The summed E-state index contributed by atoms with van der Waals surface area (Å²) in [4.78, 5) is 29.4. The number of aromatic nitrogens is 1. The number of benzene rings is 2. The first-order valence-electron chi connectivity index (χ1n) is 8.48. The minimum Gasteiger partial charge on any atom is -0.480 e. The normalized spacial score (nSPS) is 10.4. The predicted octanol–water partition coefficient (Wildman–Crippen LogP) is 4.74. The Hall–Kier alpha value is -2.97. The van der Waals surface area contributed by atoms with Crippen molar-refractivity contribution >= 4 is 45.6 Å². The molecule has 0 bridgehead atoms. The molecule has 29 heavy (non-hydrogen) atoms. The van der Waals surface area contributed by atoms with Crippen molar-refractivity contribution in [2.45, 2.75) is 13.5 Å². The third-order valence-electron chi connectivity index (χ3n) is 3.70. The minimum atomic E-state index is -0.600. The third-order valence-corrected chi connectivity index (χ3v) is 4.89. The first-order chi connectivity index (χ1) is 14.0. The maximum Gasteiger partial charge on any atom is 0.344 e. The monoisotopic (exact) mass is 434 g/mol. The second-order valence-electron chi connectivity index (χ2n) is 5.81. The number of ether oxygens (including phenoxy) is 2. The van der Waals surface area contributed by atoms with Crippen LogP contribution in [0.5, 0.6) is 5.75 Å². The van der Waals surface area contributed by atoms with Crippen LogP contribution in [0.25, 0.3) is 0 Å². The molecule has 0 N–H and O–H groups in total. The van der Waals surface area contributed by atoms with Crippen LogP contribution in [0.4, 0.5) is 15.2 Å². The van der Waals surface area contributed by atoms with Gasteiger partial charge in [-0.05, 0) is 24.3 Å². The van der Waals surface area contributed by atoms with Crippen LogP contribution in [0.1, 0.15) is 12.6 Å². The van der Waals surface area contributed by atoms with Crippen molar-refractivity contribution in [3.05, 3.63) is 70.4 Å². The highest BCUT2D eigenvalue weighted by Crippen LogP contribution is 2.31. The Morgan fingerprint density at radius 2 is 1.90 bits per heavy atom. The van der Waals surface area contributed by atoms with Crippen LogP contribution in [0.3, 0.4) is 0 Å². The van der Waals surface area contributed by atoms with E-state index in [-0.39, 0.29) is 29.9 Å². The number of carbonyl (C=O) groups is 2. The van der Waals surface area contributed by atoms with Crippen LogP contribution in [-0.2, 0) is 20.9 Å². The van der Waals surface area contributed by atoms with Crippen LogP contribution in [0.15, 0.2) is 53.9 Å². The number of hydrogen-bond acceptors (Lipinski definition) is 6. The van der Waals surface area contributed by atoms with Gasteiger partial charge in [-0.1, -0.05) is 35.9 Å². The highest BCUT2D eigenvalue weighted by atomic mass is 35.5. The molecular weight excluding hydrogens is 419 g/mol. The van der Waals surface area contributed by atoms with Crippen LogP contribution < -0.4 is 9.64 Å². The Labute approximate surface area is 175 Å². The summed E-state index contributed by atoms with van der Waals surface area (Å²) >= 11 is 7.10. The molecule has 0 saturated heterocycles. The molecule has 2 aromatic carbocycles. The van der Waals surface area contributed by atoms with Crippen LogP contribution in [0.2, 0.25) is 5.02 Å². The summed E-state index contributed by atoms with van der Waals surface area (Å²) in [5.74, 6) is -1.15. The lowest BCUT2D eigenvalue weighted by molar-refractivity contribution is -0.147. The highest BCUT2D eigenvalue weighted by molar-refractivity contribution is 7.14. The highest BCUT2D eigenvalue weighted by Gasteiger charge is 2.21. The second kappa shape index (κ2) is 9.49. The first kappa shape index (κ1) is 20.8. The van der Waals surface area contributed by atoms with E-state index in [4.69, 9.17) is 21.1 Å². The molecule has 0 spiro atoms. The molecule has 0 aliphatic carbocycles. The van der Waals surface area contributed by atoms with Gasteiger partial charge in [-0.25, -0.2) is 14.2 Å². The molecule has 0 aliphatic rings. The van der Waals surface area contributed by atoms with Crippen molar-refractivity contribution in [3.63, 3.8) is 0 Å². The number of carbonyl (C=O) groups excluding carboxylic acids is 2. The molecule has 0 radical (unpaired) electrons. The second-order valence-corrected chi connectivity index (χ2v) is 7.05. The lowest BCUT2D eigenvalue weighted by Gasteiger charge is -2.18. The van der Waals surface area contributed by atoms with Gasteiger partial charge in [-0.3, -0.25) is 9.69 Å². The average Bonchev–Trinajstić information content (AvgIpc) is 3.15. The standard InChI is InChI=1S/C20H16ClFN2O4S/c1-13(25)24(17-8-4-3-7-16(17)22)20-23-14(12-29-20)10-28-19(26)11-27-18-9-5-2-6-15(18)21/h2-9,12H,10-11H2,1H3. The van der Waals surface area contributed by atoms with E-state index in [9.17, 15) is 14.0 Å². The number of halogens is 2. The van der Waals surface area contributed by atoms with Gasteiger partial charge < -0.3 is 9.47 Å². The van der Waals surface area contributed by atoms with Gasteiger partial charge in [0.05, 0.1) is 16.4 Å². The number of amides is 1. The fourth-order valence-electron chi connectivity index (χ4n) is 2.40. The summed E-state index contributed by atoms with van der Waals surface area (Å²) in [5, 5.41) is 2.30. The van der Waals surface area contributed by atoms with E-state index in [1.807, 2.05) is 0 Å². The zero-order chi connectivity index (χ0) is 20.8. The fourth-order valence-corrected chi connectivity index (χ4v) is 3.46. The number of nitrogens with zero attached hydrogens (tertiary/aromatic N) is 2. The molecule has 0 atom stereocenters. The Kier molecular flexibility index (Phi) is 6.79. The molecule has 1 aromatic heterocycles. The lowest BCUT2D eigenvalue weighted by atomic mass is 10.3. The molecule has 0 unspecified atom stereocenters. The lowest BCUT2D eigenvalue weighted by Crippen LogP contribution is -2.23. The summed E-state index contributed by atoms with van der Waals surface area (Å²) in [6.45, 7) is 0.902. The largest absolute Gasteiger partial charge is 0.480 e. The number of para-hydroxylation sites is 2. The zero-order valence-electron chi connectivity index (χ0n) is 15.3. The molecule has 3 aromatic rings. The number of esters is 1. The maximum absolute atomic E-state index is 14.1. The summed E-state index contributed by atoms with van der Waals surface area (Å²) in [7, 11) is 0.